The smallest absolute Gasteiger partial charge is 0.119 e. The molecule has 0 spiro atoms. The lowest BCUT2D eigenvalue weighted by molar-refractivity contribution is 0.0973. The van der Waals surface area contributed by atoms with Crippen LogP contribution in [0.3, 0.4) is 0 Å². The molecular weight excluding hydrogens is 120 g/mol. The Hall–Kier alpha value is -0.540. The fraction of sp³-hybridized carbons (Fsp3) is 0.667. The third-order valence-corrected chi connectivity index (χ3v) is 1.44. The van der Waals surface area contributed by atoms with E-state index in [0.29, 0.717) is 12.8 Å². The first kappa shape index (κ1) is 6.58. The molecule has 0 amide bonds. The molecule has 2 atom stereocenters. The molecule has 1 aliphatic rings. The highest BCUT2D eigenvalue weighted by atomic mass is 16.3. The van der Waals surface area contributed by atoms with E-state index in [1.54, 1.807) is 0 Å². The zero-order chi connectivity index (χ0) is 6.85. The fourth-order valence-electron chi connectivity index (χ4n) is 0.868. The van der Waals surface area contributed by atoms with Crippen molar-refractivity contribution < 1.29 is 15.3 Å². The molecular formula is C6H10O3. The van der Waals surface area contributed by atoms with Crippen LogP contribution in [0.15, 0.2) is 11.8 Å². The van der Waals surface area contributed by atoms with Crippen LogP contribution >= 0.6 is 0 Å². The molecule has 2 unspecified atom stereocenters. The van der Waals surface area contributed by atoms with Gasteiger partial charge in [-0.3, -0.25) is 0 Å². The molecule has 0 saturated carbocycles. The second kappa shape index (κ2) is 2.37. The van der Waals surface area contributed by atoms with Gasteiger partial charge in [-0.1, -0.05) is 0 Å². The average Bonchev–Trinajstić information content (AvgIpc) is 1.80. The Morgan fingerprint density at radius 2 is 2.00 bits per heavy atom. The van der Waals surface area contributed by atoms with E-state index in [-0.39, 0.29) is 5.76 Å². The summed E-state index contributed by atoms with van der Waals surface area (Å²) in [6.45, 7) is 0. The summed E-state index contributed by atoms with van der Waals surface area (Å²) in [6.07, 6.45) is 0.921. The molecule has 3 nitrogen and oxygen atoms in total. The van der Waals surface area contributed by atoms with Crippen molar-refractivity contribution in [3.8, 4) is 0 Å². The minimum Gasteiger partial charge on any atom is -0.510 e. The molecule has 0 heterocycles. The van der Waals surface area contributed by atoms with E-state index >= 15 is 0 Å². The quantitative estimate of drug-likeness (QED) is 0.430. The summed E-state index contributed by atoms with van der Waals surface area (Å²) in [6, 6.07) is 0. The lowest BCUT2D eigenvalue weighted by Gasteiger charge is -2.17. The standard InChI is InChI=1S/C6H10O3/c7-4-1-2-5(8)6(9)3-4/h3-5,7-9H,1-2H2. The van der Waals surface area contributed by atoms with Crippen LogP contribution in [0.25, 0.3) is 0 Å². The largest absolute Gasteiger partial charge is 0.510 e. The van der Waals surface area contributed by atoms with Crippen LogP contribution in [0.2, 0.25) is 0 Å². The van der Waals surface area contributed by atoms with Gasteiger partial charge in [0.05, 0.1) is 6.10 Å². The van der Waals surface area contributed by atoms with Gasteiger partial charge in [0.15, 0.2) is 0 Å². The van der Waals surface area contributed by atoms with E-state index in [1.165, 1.54) is 6.08 Å². The van der Waals surface area contributed by atoms with E-state index in [1.807, 2.05) is 0 Å². The minimum absolute atomic E-state index is 0.103. The van der Waals surface area contributed by atoms with Gasteiger partial charge < -0.3 is 15.3 Å². The predicted octanol–water partition coefficient (Wildman–Crippen LogP) is -0.0561. The van der Waals surface area contributed by atoms with Crippen molar-refractivity contribution in [2.75, 3.05) is 0 Å². The summed E-state index contributed by atoms with van der Waals surface area (Å²) in [4.78, 5) is 0. The van der Waals surface area contributed by atoms with E-state index in [2.05, 4.69) is 0 Å². The van der Waals surface area contributed by atoms with E-state index < -0.39 is 12.2 Å². The van der Waals surface area contributed by atoms with E-state index in [0.717, 1.165) is 0 Å². The second-order valence-electron chi connectivity index (χ2n) is 2.25. The Kier molecular flexibility index (Phi) is 1.73. The molecule has 0 radical (unpaired) electrons. The van der Waals surface area contributed by atoms with Gasteiger partial charge >= 0.3 is 0 Å². The lowest BCUT2D eigenvalue weighted by Crippen LogP contribution is -2.20. The van der Waals surface area contributed by atoms with E-state index in [4.69, 9.17) is 15.3 Å². The fourth-order valence-corrected chi connectivity index (χ4v) is 0.868. The average molecular weight is 130 g/mol. The first-order chi connectivity index (χ1) is 4.20. The molecule has 0 bridgehead atoms. The normalized spacial score (nSPS) is 36.0. The van der Waals surface area contributed by atoms with Gasteiger partial charge in [0.25, 0.3) is 0 Å². The highest BCUT2D eigenvalue weighted by Gasteiger charge is 2.17. The summed E-state index contributed by atoms with van der Waals surface area (Å²) >= 11 is 0. The van der Waals surface area contributed by atoms with Gasteiger partial charge in [0.2, 0.25) is 0 Å². The molecule has 3 heteroatoms. The SMILES string of the molecule is OC1=CC(O)CCC1O. The van der Waals surface area contributed by atoms with E-state index in [9.17, 15) is 0 Å². The number of rotatable bonds is 0. The van der Waals surface area contributed by atoms with Gasteiger partial charge in [-0.05, 0) is 18.9 Å². The monoisotopic (exact) mass is 130 g/mol. The highest BCUT2D eigenvalue weighted by molar-refractivity contribution is 5.05. The second-order valence-corrected chi connectivity index (χ2v) is 2.25. The van der Waals surface area contributed by atoms with Crippen molar-refractivity contribution in [3.05, 3.63) is 11.8 Å². The van der Waals surface area contributed by atoms with Gasteiger partial charge in [0.1, 0.15) is 11.9 Å². The molecule has 0 aromatic heterocycles. The molecule has 52 valence electrons. The zero-order valence-electron chi connectivity index (χ0n) is 4.99. The Morgan fingerprint density at radius 3 is 2.44 bits per heavy atom. The van der Waals surface area contributed by atoms with Crippen LogP contribution in [0.5, 0.6) is 0 Å². The van der Waals surface area contributed by atoms with Crippen molar-refractivity contribution in [1.29, 1.82) is 0 Å². The third-order valence-electron chi connectivity index (χ3n) is 1.44. The van der Waals surface area contributed by atoms with Crippen molar-refractivity contribution in [2.45, 2.75) is 25.0 Å². The van der Waals surface area contributed by atoms with Crippen LogP contribution in [-0.4, -0.2) is 27.5 Å². The Balaban J connectivity index is 2.61. The Morgan fingerprint density at radius 1 is 1.33 bits per heavy atom. The number of aliphatic hydroxyl groups excluding tert-OH is 3. The summed E-state index contributed by atoms with van der Waals surface area (Å²) < 4.78 is 0. The first-order valence-corrected chi connectivity index (χ1v) is 2.97. The predicted molar refractivity (Wildman–Crippen MR) is 32.0 cm³/mol. The van der Waals surface area contributed by atoms with Crippen LogP contribution in [-0.2, 0) is 0 Å². The molecule has 0 aromatic carbocycles. The molecule has 0 fully saturated rings. The van der Waals surface area contributed by atoms with Crippen LogP contribution in [0.1, 0.15) is 12.8 Å². The molecule has 9 heavy (non-hydrogen) atoms. The van der Waals surface area contributed by atoms with Crippen molar-refractivity contribution in [1.82, 2.24) is 0 Å². The molecule has 0 saturated heterocycles. The molecule has 1 aliphatic carbocycles. The van der Waals surface area contributed by atoms with Crippen LogP contribution < -0.4 is 0 Å². The maximum Gasteiger partial charge on any atom is 0.119 e. The van der Waals surface area contributed by atoms with Gasteiger partial charge in [-0.15, -0.1) is 0 Å². The minimum atomic E-state index is -0.756. The topological polar surface area (TPSA) is 60.7 Å². The highest BCUT2D eigenvalue weighted by Crippen LogP contribution is 2.15. The van der Waals surface area contributed by atoms with Gasteiger partial charge in [-0.2, -0.15) is 0 Å². The Labute approximate surface area is 53.3 Å². The zero-order valence-corrected chi connectivity index (χ0v) is 4.99. The third kappa shape index (κ3) is 1.43. The summed E-state index contributed by atoms with van der Waals surface area (Å²) in [7, 11) is 0. The molecule has 0 aromatic rings. The summed E-state index contributed by atoms with van der Waals surface area (Å²) in [5.74, 6) is -0.103. The van der Waals surface area contributed by atoms with Crippen LogP contribution in [0.4, 0.5) is 0 Å². The number of aliphatic hydroxyl groups is 3. The van der Waals surface area contributed by atoms with Crippen molar-refractivity contribution in [2.24, 2.45) is 0 Å². The molecule has 1 rings (SSSR count). The van der Waals surface area contributed by atoms with Gasteiger partial charge in [0, 0.05) is 0 Å². The van der Waals surface area contributed by atoms with Crippen LogP contribution in [0, 0.1) is 0 Å². The number of hydrogen-bond acceptors (Lipinski definition) is 3. The number of hydrogen-bond donors (Lipinski definition) is 3. The van der Waals surface area contributed by atoms with Crippen molar-refractivity contribution in [3.63, 3.8) is 0 Å². The molecule has 3 N–H and O–H groups in total. The lowest BCUT2D eigenvalue weighted by atomic mass is 10.0. The molecule has 0 aliphatic heterocycles. The summed E-state index contributed by atoms with van der Waals surface area (Å²) in [5, 5.41) is 26.5. The Bertz CT molecular complexity index is 130. The van der Waals surface area contributed by atoms with Crippen molar-refractivity contribution >= 4 is 0 Å². The maximum absolute atomic E-state index is 8.87. The summed E-state index contributed by atoms with van der Waals surface area (Å²) in [5.41, 5.74) is 0. The first-order valence-electron chi connectivity index (χ1n) is 2.97. The van der Waals surface area contributed by atoms with Gasteiger partial charge in [-0.25, -0.2) is 0 Å². The maximum atomic E-state index is 8.87.